The molecule has 0 fully saturated rings. The smallest absolute Gasteiger partial charge is 0.0799 e. The summed E-state index contributed by atoms with van der Waals surface area (Å²) in [7, 11) is 0. The Morgan fingerprint density at radius 3 is 2.40 bits per heavy atom. The van der Waals surface area contributed by atoms with E-state index in [0.717, 1.165) is 13.0 Å². The van der Waals surface area contributed by atoms with Crippen LogP contribution in [-0.2, 0) is 0 Å². The zero-order valence-corrected chi connectivity index (χ0v) is 3.15. The lowest BCUT2D eigenvalue weighted by Crippen LogP contribution is -1.66. The summed E-state index contributed by atoms with van der Waals surface area (Å²) in [5, 5.41) is 7.90. The summed E-state index contributed by atoms with van der Waals surface area (Å²) in [5.74, 6) is 0. The zero-order valence-electron chi connectivity index (χ0n) is 3.15. The predicted octanol–water partition coefficient (Wildman–Crippen LogP) is 1.13. The topological polar surface area (TPSA) is 20.2 Å². The van der Waals surface area contributed by atoms with Gasteiger partial charge in [-0.2, -0.15) is 0 Å². The van der Waals surface area contributed by atoms with Gasteiger partial charge in [0.25, 0.3) is 0 Å². The largest absolute Gasteiger partial charge is 0.390 e. The molecule has 0 aromatic heterocycles. The van der Waals surface area contributed by atoms with Gasteiger partial charge in [-0.3, -0.25) is 0 Å². The fraction of sp³-hybridized carbons (Fsp3) is 0.500. The molecule has 0 spiro atoms. The summed E-state index contributed by atoms with van der Waals surface area (Å²) in [6, 6.07) is 0. The van der Waals surface area contributed by atoms with Gasteiger partial charge in [0.2, 0.25) is 0 Å². The Morgan fingerprint density at radius 1 is 1.80 bits per heavy atom. The van der Waals surface area contributed by atoms with Crippen molar-refractivity contribution < 1.29 is 5.11 Å². The van der Waals surface area contributed by atoms with E-state index >= 15 is 0 Å². The molecule has 0 aliphatic rings. The molecular weight excluding hydrogens is 64.0 g/mol. The minimum absolute atomic E-state index is 0.708. The molecule has 0 aromatic carbocycles. The molecule has 2 radical (unpaired) electrons. The number of aliphatic hydroxyl groups is 1. The van der Waals surface area contributed by atoms with Crippen LogP contribution in [0, 0.1) is 13.5 Å². The number of hydrogen-bond acceptors (Lipinski definition) is 1. The van der Waals surface area contributed by atoms with E-state index < -0.39 is 0 Å². The summed E-state index contributed by atoms with van der Waals surface area (Å²) in [6.45, 7) is 4.60. The normalized spacial score (nSPS) is 8.40. The van der Waals surface area contributed by atoms with Crippen molar-refractivity contribution in [2.75, 3.05) is 0 Å². The summed E-state index contributed by atoms with van der Waals surface area (Å²) in [5.41, 5.74) is 0. The van der Waals surface area contributed by atoms with Gasteiger partial charge in [0.1, 0.15) is 0 Å². The molecule has 0 aromatic rings. The first-order chi connectivity index (χ1) is 2.41. The quantitative estimate of drug-likeness (QED) is 0.518. The van der Waals surface area contributed by atoms with E-state index in [2.05, 4.69) is 6.92 Å². The lowest BCUT2D eigenvalue weighted by atomic mass is 10.4. The highest BCUT2D eigenvalue weighted by Crippen LogP contribution is 1.83. The Labute approximate surface area is 32.6 Å². The second kappa shape index (κ2) is 3.96. The minimum Gasteiger partial charge on any atom is -0.390 e. The molecule has 0 aliphatic heterocycles. The number of rotatable bonds is 2. The van der Waals surface area contributed by atoms with Crippen molar-refractivity contribution in [2.45, 2.75) is 12.8 Å². The molecule has 1 N–H and O–H groups in total. The molecule has 0 rings (SSSR count). The number of aliphatic hydroxyl groups excluding tert-OH is 1. The van der Waals surface area contributed by atoms with Gasteiger partial charge in [-0.25, -0.2) is 0 Å². The first-order valence-corrected chi connectivity index (χ1v) is 1.67. The van der Waals surface area contributed by atoms with Gasteiger partial charge < -0.3 is 5.11 Å². The van der Waals surface area contributed by atoms with E-state index in [1.165, 1.54) is 0 Å². The summed E-state index contributed by atoms with van der Waals surface area (Å²) < 4.78 is 0. The van der Waals surface area contributed by atoms with Crippen LogP contribution < -0.4 is 0 Å². The van der Waals surface area contributed by atoms with Crippen LogP contribution in [0.25, 0.3) is 0 Å². The summed E-state index contributed by atoms with van der Waals surface area (Å²) in [6.07, 6.45) is 1.50. The van der Waals surface area contributed by atoms with Gasteiger partial charge in [-0.15, -0.1) is 0 Å². The van der Waals surface area contributed by atoms with Crippen LogP contribution in [-0.4, -0.2) is 5.11 Å². The third-order valence-electron chi connectivity index (χ3n) is 0.333. The van der Waals surface area contributed by atoms with Crippen molar-refractivity contribution in [1.29, 1.82) is 0 Å². The SMILES string of the molecule is [CH2]CC[CH]O. The van der Waals surface area contributed by atoms with Gasteiger partial charge in [-0.1, -0.05) is 13.3 Å². The number of unbranched alkanes of at least 4 members (excludes halogenated alkanes) is 1. The van der Waals surface area contributed by atoms with E-state index in [4.69, 9.17) is 5.11 Å². The fourth-order valence-electron chi connectivity index (χ4n) is 0.0913. The molecule has 0 heterocycles. The molecule has 0 aliphatic carbocycles. The van der Waals surface area contributed by atoms with E-state index in [1.807, 2.05) is 0 Å². The molecule has 5 heavy (non-hydrogen) atoms. The third-order valence-corrected chi connectivity index (χ3v) is 0.333. The monoisotopic (exact) mass is 72.1 g/mol. The lowest BCUT2D eigenvalue weighted by molar-refractivity contribution is 0.376. The van der Waals surface area contributed by atoms with Crippen molar-refractivity contribution in [3.8, 4) is 0 Å². The first-order valence-electron chi connectivity index (χ1n) is 1.67. The molecule has 0 unspecified atom stereocenters. The highest BCUT2D eigenvalue weighted by atomic mass is 16.2. The van der Waals surface area contributed by atoms with E-state index in [-0.39, 0.29) is 0 Å². The van der Waals surface area contributed by atoms with Gasteiger partial charge in [0.05, 0.1) is 6.61 Å². The van der Waals surface area contributed by atoms with Crippen LogP contribution in [0.4, 0.5) is 0 Å². The van der Waals surface area contributed by atoms with Crippen LogP contribution in [0.3, 0.4) is 0 Å². The molecule has 0 amide bonds. The van der Waals surface area contributed by atoms with Crippen LogP contribution in [0.5, 0.6) is 0 Å². The van der Waals surface area contributed by atoms with E-state index in [1.54, 1.807) is 0 Å². The van der Waals surface area contributed by atoms with Crippen molar-refractivity contribution in [2.24, 2.45) is 0 Å². The fourth-order valence-corrected chi connectivity index (χ4v) is 0.0913. The van der Waals surface area contributed by atoms with Crippen molar-refractivity contribution in [3.05, 3.63) is 13.5 Å². The van der Waals surface area contributed by atoms with Crippen molar-refractivity contribution in [1.82, 2.24) is 0 Å². The molecule has 30 valence electrons. The van der Waals surface area contributed by atoms with E-state index in [9.17, 15) is 0 Å². The maximum Gasteiger partial charge on any atom is 0.0799 e. The zero-order chi connectivity index (χ0) is 4.12. The average Bonchev–Trinajstić information content (AvgIpc) is 1.41. The van der Waals surface area contributed by atoms with Crippen molar-refractivity contribution >= 4 is 0 Å². The second-order valence-electron chi connectivity index (χ2n) is 0.825. The van der Waals surface area contributed by atoms with Crippen LogP contribution in [0.1, 0.15) is 12.8 Å². The lowest BCUT2D eigenvalue weighted by Gasteiger charge is -1.78. The molecule has 0 atom stereocenters. The highest BCUT2D eigenvalue weighted by molar-refractivity contribution is 4.46. The van der Waals surface area contributed by atoms with Gasteiger partial charge >= 0.3 is 0 Å². The minimum atomic E-state index is 0.708. The number of hydrogen-bond donors (Lipinski definition) is 1. The molecular formula is C4H8O. The predicted molar refractivity (Wildman–Crippen MR) is 20.8 cm³/mol. The Bertz CT molecular complexity index is 11.1. The Kier molecular flexibility index (Phi) is 3.93. The maximum atomic E-state index is 7.90. The van der Waals surface area contributed by atoms with Crippen LogP contribution >= 0.6 is 0 Å². The van der Waals surface area contributed by atoms with Gasteiger partial charge in [0, 0.05) is 0 Å². The molecule has 0 saturated heterocycles. The first kappa shape index (κ1) is 4.96. The van der Waals surface area contributed by atoms with Crippen LogP contribution in [0.15, 0.2) is 0 Å². The summed E-state index contributed by atoms with van der Waals surface area (Å²) >= 11 is 0. The van der Waals surface area contributed by atoms with Crippen molar-refractivity contribution in [3.63, 3.8) is 0 Å². The van der Waals surface area contributed by atoms with Gasteiger partial charge in [-0.05, 0) is 6.42 Å². The molecule has 1 nitrogen and oxygen atoms in total. The highest BCUT2D eigenvalue weighted by Gasteiger charge is 1.70. The molecule has 0 bridgehead atoms. The maximum absolute atomic E-state index is 7.90. The summed E-state index contributed by atoms with van der Waals surface area (Å²) in [4.78, 5) is 0. The van der Waals surface area contributed by atoms with E-state index in [0.29, 0.717) is 6.42 Å². The standard InChI is InChI=1S/C4H8O/c1-2-3-4-5/h4-5H,1-3H2. The average molecular weight is 72.1 g/mol. The van der Waals surface area contributed by atoms with Crippen LogP contribution in [0.2, 0.25) is 0 Å². The Hall–Kier alpha value is -0.0400. The Morgan fingerprint density at radius 2 is 2.40 bits per heavy atom. The second-order valence-corrected chi connectivity index (χ2v) is 0.825. The van der Waals surface area contributed by atoms with Gasteiger partial charge in [0.15, 0.2) is 0 Å². The molecule has 1 heteroatoms. The third kappa shape index (κ3) is 3.96. The Balaban J connectivity index is 2.19. The molecule has 0 saturated carbocycles.